The van der Waals surface area contributed by atoms with Gasteiger partial charge in [-0.05, 0) is 37.3 Å². The van der Waals surface area contributed by atoms with Crippen molar-refractivity contribution in [1.82, 2.24) is 10.6 Å². The maximum Gasteiger partial charge on any atom is 0.262 e. The lowest BCUT2D eigenvalue weighted by Gasteiger charge is -2.37. The van der Waals surface area contributed by atoms with Gasteiger partial charge in [-0.25, -0.2) is 0 Å². The standard InChI is InChI=1S/C20H30N2O3/c1-14(2)17(25-16-11-7-6-10-15(16)3)18(23)22-20(19(24)21-4)12-8-5-9-13-20/h6-7,10-11,14,17H,5,8-9,12-13H2,1-4H3,(H,21,24)(H,22,23). The molecule has 138 valence electrons. The normalized spacial score (nSPS) is 17.6. The van der Waals surface area contributed by atoms with E-state index in [0.717, 1.165) is 24.8 Å². The van der Waals surface area contributed by atoms with Gasteiger partial charge in [0.05, 0.1) is 0 Å². The van der Waals surface area contributed by atoms with Crippen LogP contribution in [0.5, 0.6) is 5.75 Å². The minimum atomic E-state index is -0.813. The lowest BCUT2D eigenvalue weighted by atomic mass is 9.80. The first-order chi connectivity index (χ1) is 11.9. The Kier molecular flexibility index (Phi) is 6.45. The topological polar surface area (TPSA) is 67.4 Å². The van der Waals surface area contributed by atoms with E-state index in [2.05, 4.69) is 10.6 Å². The minimum Gasteiger partial charge on any atom is -0.480 e. The van der Waals surface area contributed by atoms with Gasteiger partial charge in [0, 0.05) is 7.05 Å². The fraction of sp³-hybridized carbons (Fsp3) is 0.600. The highest BCUT2D eigenvalue weighted by molar-refractivity contribution is 5.93. The molecule has 0 saturated heterocycles. The van der Waals surface area contributed by atoms with E-state index in [1.165, 1.54) is 0 Å². The van der Waals surface area contributed by atoms with Crippen molar-refractivity contribution in [3.8, 4) is 5.75 Å². The summed E-state index contributed by atoms with van der Waals surface area (Å²) in [6.45, 7) is 5.86. The first-order valence-corrected chi connectivity index (χ1v) is 9.16. The molecule has 2 rings (SSSR count). The smallest absolute Gasteiger partial charge is 0.262 e. The number of aryl methyl sites for hydroxylation is 1. The van der Waals surface area contributed by atoms with Crippen molar-refractivity contribution >= 4 is 11.8 Å². The van der Waals surface area contributed by atoms with E-state index < -0.39 is 11.6 Å². The van der Waals surface area contributed by atoms with Crippen LogP contribution < -0.4 is 15.4 Å². The van der Waals surface area contributed by atoms with Crippen molar-refractivity contribution < 1.29 is 14.3 Å². The predicted molar refractivity (Wildman–Crippen MR) is 98.5 cm³/mol. The molecule has 0 aliphatic heterocycles. The zero-order valence-electron chi connectivity index (χ0n) is 15.7. The van der Waals surface area contributed by atoms with Crippen LogP contribution in [0.25, 0.3) is 0 Å². The van der Waals surface area contributed by atoms with Gasteiger partial charge < -0.3 is 15.4 Å². The summed E-state index contributed by atoms with van der Waals surface area (Å²) in [6, 6.07) is 7.66. The monoisotopic (exact) mass is 346 g/mol. The Morgan fingerprint density at radius 2 is 1.76 bits per heavy atom. The van der Waals surface area contributed by atoms with E-state index in [-0.39, 0.29) is 17.7 Å². The summed E-state index contributed by atoms with van der Waals surface area (Å²) in [5.41, 5.74) is 0.173. The Morgan fingerprint density at radius 1 is 1.12 bits per heavy atom. The lowest BCUT2D eigenvalue weighted by Crippen LogP contribution is -2.61. The quantitative estimate of drug-likeness (QED) is 0.832. The van der Waals surface area contributed by atoms with Crippen LogP contribution in [0.1, 0.15) is 51.5 Å². The van der Waals surface area contributed by atoms with Crippen LogP contribution in [-0.4, -0.2) is 30.5 Å². The van der Waals surface area contributed by atoms with Crippen molar-refractivity contribution in [3.63, 3.8) is 0 Å². The summed E-state index contributed by atoms with van der Waals surface area (Å²) < 4.78 is 6.02. The number of hydrogen-bond donors (Lipinski definition) is 2. The first kappa shape index (κ1) is 19.3. The number of para-hydroxylation sites is 1. The Labute approximate surface area is 150 Å². The third kappa shape index (κ3) is 4.53. The van der Waals surface area contributed by atoms with E-state index in [4.69, 9.17) is 4.74 Å². The van der Waals surface area contributed by atoms with Gasteiger partial charge >= 0.3 is 0 Å². The Hall–Kier alpha value is -2.04. The van der Waals surface area contributed by atoms with Crippen LogP contribution in [-0.2, 0) is 9.59 Å². The van der Waals surface area contributed by atoms with Gasteiger partial charge in [-0.3, -0.25) is 9.59 Å². The highest BCUT2D eigenvalue weighted by Gasteiger charge is 2.42. The molecule has 0 radical (unpaired) electrons. The SMILES string of the molecule is CNC(=O)C1(NC(=O)C(Oc2ccccc2C)C(C)C)CCCCC1. The van der Waals surface area contributed by atoms with Crippen LogP contribution >= 0.6 is 0 Å². The summed E-state index contributed by atoms with van der Waals surface area (Å²) in [4.78, 5) is 25.4. The number of likely N-dealkylation sites (N-methyl/N-ethyl adjacent to an activating group) is 1. The van der Waals surface area contributed by atoms with Crippen LogP contribution in [0, 0.1) is 12.8 Å². The van der Waals surface area contributed by atoms with Gasteiger partial charge in [-0.2, -0.15) is 0 Å². The molecule has 1 aliphatic rings. The van der Waals surface area contributed by atoms with Gasteiger partial charge in [0.2, 0.25) is 5.91 Å². The molecule has 1 atom stereocenters. The summed E-state index contributed by atoms with van der Waals surface area (Å²) in [6.07, 6.45) is 3.70. The van der Waals surface area contributed by atoms with E-state index in [1.54, 1.807) is 7.05 Å². The van der Waals surface area contributed by atoms with Crippen molar-refractivity contribution in [2.45, 2.75) is 64.5 Å². The first-order valence-electron chi connectivity index (χ1n) is 9.16. The second kappa shape index (κ2) is 8.37. The Bertz CT molecular complexity index is 607. The zero-order valence-corrected chi connectivity index (χ0v) is 15.7. The highest BCUT2D eigenvalue weighted by atomic mass is 16.5. The van der Waals surface area contributed by atoms with Crippen molar-refractivity contribution in [2.75, 3.05) is 7.05 Å². The molecule has 0 spiro atoms. The number of carbonyl (C=O) groups is 2. The molecule has 25 heavy (non-hydrogen) atoms. The van der Waals surface area contributed by atoms with Crippen LogP contribution in [0.3, 0.4) is 0 Å². The fourth-order valence-corrected chi connectivity index (χ4v) is 3.43. The molecule has 5 heteroatoms. The number of rotatable bonds is 6. The molecule has 2 amide bonds. The Morgan fingerprint density at radius 3 is 2.32 bits per heavy atom. The van der Waals surface area contributed by atoms with Crippen molar-refractivity contribution in [2.24, 2.45) is 5.92 Å². The van der Waals surface area contributed by atoms with Crippen molar-refractivity contribution in [3.05, 3.63) is 29.8 Å². The number of amides is 2. The van der Waals surface area contributed by atoms with Gasteiger partial charge in [0.25, 0.3) is 5.91 Å². The minimum absolute atomic E-state index is 0.00932. The van der Waals surface area contributed by atoms with E-state index in [0.29, 0.717) is 18.6 Å². The molecule has 5 nitrogen and oxygen atoms in total. The molecule has 1 aromatic carbocycles. The summed E-state index contributed by atoms with van der Waals surface area (Å²) in [7, 11) is 1.62. The number of benzene rings is 1. The van der Waals surface area contributed by atoms with Gasteiger partial charge in [0.15, 0.2) is 6.10 Å². The lowest BCUT2D eigenvalue weighted by molar-refractivity contribution is -0.139. The molecule has 2 N–H and O–H groups in total. The fourth-order valence-electron chi connectivity index (χ4n) is 3.43. The van der Waals surface area contributed by atoms with Crippen LogP contribution in [0.4, 0.5) is 0 Å². The summed E-state index contributed by atoms with van der Waals surface area (Å²) in [5, 5.41) is 5.74. The number of hydrogen-bond acceptors (Lipinski definition) is 3. The third-order valence-electron chi connectivity index (χ3n) is 4.94. The largest absolute Gasteiger partial charge is 0.480 e. The van der Waals surface area contributed by atoms with Crippen molar-refractivity contribution in [1.29, 1.82) is 0 Å². The number of carbonyl (C=O) groups excluding carboxylic acids is 2. The molecular weight excluding hydrogens is 316 g/mol. The molecule has 1 fully saturated rings. The molecule has 1 aromatic rings. The predicted octanol–water partition coefficient (Wildman–Crippen LogP) is 2.96. The second-order valence-corrected chi connectivity index (χ2v) is 7.26. The maximum atomic E-state index is 13.0. The van der Waals surface area contributed by atoms with Crippen LogP contribution in [0.15, 0.2) is 24.3 Å². The van der Waals surface area contributed by atoms with E-state index in [9.17, 15) is 9.59 Å². The molecule has 0 bridgehead atoms. The highest BCUT2D eigenvalue weighted by Crippen LogP contribution is 2.29. The number of ether oxygens (including phenoxy) is 1. The van der Waals surface area contributed by atoms with Crippen LogP contribution in [0.2, 0.25) is 0 Å². The second-order valence-electron chi connectivity index (χ2n) is 7.26. The molecule has 1 unspecified atom stereocenters. The van der Waals surface area contributed by atoms with Gasteiger partial charge in [-0.1, -0.05) is 51.3 Å². The molecule has 1 saturated carbocycles. The molecular formula is C20H30N2O3. The zero-order chi connectivity index (χ0) is 18.4. The summed E-state index contributed by atoms with van der Waals surface area (Å²) >= 11 is 0. The third-order valence-corrected chi connectivity index (χ3v) is 4.94. The molecule has 0 heterocycles. The summed E-state index contributed by atoms with van der Waals surface area (Å²) in [5.74, 6) is 0.363. The average molecular weight is 346 g/mol. The number of nitrogens with one attached hydrogen (secondary N) is 2. The van der Waals surface area contributed by atoms with E-state index >= 15 is 0 Å². The molecule has 0 aromatic heterocycles. The van der Waals surface area contributed by atoms with Gasteiger partial charge in [0.1, 0.15) is 11.3 Å². The van der Waals surface area contributed by atoms with Gasteiger partial charge in [-0.15, -0.1) is 0 Å². The average Bonchev–Trinajstić information content (AvgIpc) is 2.60. The maximum absolute atomic E-state index is 13.0. The molecule has 1 aliphatic carbocycles. The Balaban J connectivity index is 2.18. The van der Waals surface area contributed by atoms with E-state index in [1.807, 2.05) is 45.0 Å².